The molecule has 0 bridgehead atoms. The first kappa shape index (κ1) is 12.8. The van der Waals surface area contributed by atoms with E-state index in [1.54, 1.807) is 0 Å². The van der Waals surface area contributed by atoms with E-state index in [1.165, 1.54) is 21.8 Å². The lowest BCUT2D eigenvalue weighted by Gasteiger charge is -1.92. The first-order chi connectivity index (χ1) is 7.78. The van der Waals surface area contributed by atoms with Gasteiger partial charge in [0.15, 0.2) is 12.4 Å². The quantitative estimate of drug-likeness (QED) is 0.449. The van der Waals surface area contributed by atoms with E-state index in [2.05, 4.69) is 69.1 Å². The van der Waals surface area contributed by atoms with E-state index in [0.29, 0.717) is 0 Å². The second-order valence-corrected chi connectivity index (χ2v) is 4.83. The average Bonchev–Trinajstić information content (AvgIpc) is 2.66. The van der Waals surface area contributed by atoms with Crippen molar-refractivity contribution >= 4 is 37.7 Å². The highest BCUT2D eigenvalue weighted by Crippen LogP contribution is 2.26. The topological polar surface area (TPSA) is 19.7 Å². The van der Waals surface area contributed by atoms with Gasteiger partial charge in [0, 0.05) is 26.8 Å². The van der Waals surface area contributed by atoms with Crippen molar-refractivity contribution in [1.29, 1.82) is 0 Å². The van der Waals surface area contributed by atoms with Crippen LogP contribution in [-0.4, -0.2) is 4.98 Å². The molecule has 0 fully saturated rings. The number of hydrogen-bond donors (Lipinski definition) is 1. The van der Waals surface area contributed by atoms with Gasteiger partial charge in [-0.1, -0.05) is 15.9 Å². The van der Waals surface area contributed by atoms with E-state index in [9.17, 15) is 0 Å². The molecule has 0 saturated heterocycles. The van der Waals surface area contributed by atoms with E-state index in [0.717, 1.165) is 11.0 Å². The second kappa shape index (κ2) is 4.94. The van der Waals surface area contributed by atoms with Crippen LogP contribution in [0.3, 0.4) is 0 Å². The molecule has 0 aliphatic heterocycles. The van der Waals surface area contributed by atoms with Crippen molar-refractivity contribution < 1.29 is 28.5 Å². The van der Waals surface area contributed by atoms with Crippen LogP contribution in [-0.2, 0) is 6.54 Å². The smallest absolute Gasteiger partial charge is 0.193 e. The lowest BCUT2D eigenvalue weighted by atomic mass is 10.2. The first-order valence-corrected chi connectivity index (χ1v) is 6.17. The van der Waals surface area contributed by atoms with Gasteiger partial charge in [0.25, 0.3) is 0 Å². The highest BCUT2D eigenvalue weighted by molar-refractivity contribution is 9.10. The zero-order valence-electron chi connectivity index (χ0n) is 9.37. The van der Waals surface area contributed by atoms with Gasteiger partial charge in [0.2, 0.25) is 0 Å². The van der Waals surface area contributed by atoms with Crippen LogP contribution in [0.1, 0.15) is 6.92 Å². The Balaban J connectivity index is 0.00000108. The standard InChI is InChI=1S/C13H11BrN2.HI/c1-2-16-6-5-10-11-7-9(14)3-4-12(11)15-13(10)8-16;/h3-8H,2H2,1H3;1H. The third-order valence-electron chi connectivity index (χ3n) is 2.92. The van der Waals surface area contributed by atoms with Crippen LogP contribution in [0.25, 0.3) is 21.8 Å². The van der Waals surface area contributed by atoms with Crippen molar-refractivity contribution in [1.82, 2.24) is 4.98 Å². The molecule has 0 radical (unpaired) electrons. The molecule has 0 spiro atoms. The van der Waals surface area contributed by atoms with Crippen molar-refractivity contribution in [2.45, 2.75) is 13.5 Å². The number of pyridine rings is 1. The molecule has 88 valence electrons. The SMILES string of the molecule is CC[n+]1ccc2c(c1)[nH]c1ccc(Br)cc12.[I-]. The van der Waals surface area contributed by atoms with E-state index in [1.807, 2.05) is 0 Å². The fraction of sp³-hybridized carbons (Fsp3) is 0.154. The fourth-order valence-corrected chi connectivity index (χ4v) is 2.42. The van der Waals surface area contributed by atoms with Crippen LogP contribution >= 0.6 is 15.9 Å². The third kappa shape index (κ3) is 2.20. The molecule has 0 amide bonds. The van der Waals surface area contributed by atoms with Crippen LogP contribution < -0.4 is 28.5 Å². The predicted molar refractivity (Wildman–Crippen MR) is 69.4 cm³/mol. The molecule has 2 heterocycles. The molecule has 0 aliphatic carbocycles. The Morgan fingerprint density at radius 3 is 2.76 bits per heavy atom. The molecule has 0 aliphatic rings. The number of aryl methyl sites for hydroxylation is 1. The summed E-state index contributed by atoms with van der Waals surface area (Å²) in [6.07, 6.45) is 4.28. The molecule has 17 heavy (non-hydrogen) atoms. The molecule has 1 aromatic carbocycles. The molecule has 3 aromatic rings. The summed E-state index contributed by atoms with van der Waals surface area (Å²) in [6.45, 7) is 3.14. The zero-order chi connectivity index (χ0) is 11.1. The number of H-pyrrole nitrogens is 1. The summed E-state index contributed by atoms with van der Waals surface area (Å²) >= 11 is 3.51. The maximum absolute atomic E-state index is 3.51. The minimum absolute atomic E-state index is 0. The number of rotatable bonds is 1. The van der Waals surface area contributed by atoms with Crippen LogP contribution in [0.15, 0.2) is 41.1 Å². The summed E-state index contributed by atoms with van der Waals surface area (Å²) < 4.78 is 3.29. The van der Waals surface area contributed by atoms with Crippen molar-refractivity contribution in [3.8, 4) is 0 Å². The van der Waals surface area contributed by atoms with Gasteiger partial charge in [0.05, 0.1) is 0 Å². The van der Waals surface area contributed by atoms with Gasteiger partial charge in [-0.25, -0.2) is 4.57 Å². The van der Waals surface area contributed by atoms with Gasteiger partial charge in [-0.2, -0.15) is 0 Å². The van der Waals surface area contributed by atoms with Crippen LogP contribution in [0.5, 0.6) is 0 Å². The Labute approximate surface area is 125 Å². The molecule has 1 N–H and O–H groups in total. The number of halogens is 2. The highest BCUT2D eigenvalue weighted by Gasteiger charge is 2.07. The number of aromatic nitrogens is 2. The number of benzene rings is 1. The molecule has 0 atom stereocenters. The number of nitrogens with one attached hydrogen (secondary N) is 1. The maximum atomic E-state index is 3.51. The summed E-state index contributed by atoms with van der Waals surface area (Å²) in [5, 5.41) is 2.55. The predicted octanol–water partition coefficient (Wildman–Crippen LogP) is 0.395. The Bertz CT molecular complexity index is 676. The number of aromatic amines is 1. The highest BCUT2D eigenvalue weighted by atomic mass is 127. The Hall–Kier alpha value is -0.620. The van der Waals surface area contributed by atoms with Crippen molar-refractivity contribution in [2.75, 3.05) is 0 Å². The molecule has 2 aromatic heterocycles. The molecular weight excluding hydrogens is 391 g/mol. The molecule has 4 heteroatoms. The van der Waals surface area contributed by atoms with Gasteiger partial charge in [-0.05, 0) is 25.1 Å². The lowest BCUT2D eigenvalue weighted by Crippen LogP contribution is -3.00. The Morgan fingerprint density at radius 1 is 1.18 bits per heavy atom. The van der Waals surface area contributed by atoms with Gasteiger partial charge in [-0.15, -0.1) is 0 Å². The van der Waals surface area contributed by atoms with Gasteiger partial charge in [-0.3, -0.25) is 0 Å². The monoisotopic (exact) mass is 402 g/mol. The molecule has 3 rings (SSSR count). The number of nitrogens with zero attached hydrogens (tertiary/aromatic N) is 1. The van der Waals surface area contributed by atoms with Crippen LogP contribution in [0.2, 0.25) is 0 Å². The van der Waals surface area contributed by atoms with Crippen LogP contribution in [0.4, 0.5) is 0 Å². The molecule has 2 nitrogen and oxygen atoms in total. The largest absolute Gasteiger partial charge is 1.00 e. The minimum atomic E-state index is 0. The molecule has 0 unspecified atom stereocenters. The van der Waals surface area contributed by atoms with Gasteiger partial charge in [0.1, 0.15) is 12.1 Å². The van der Waals surface area contributed by atoms with E-state index >= 15 is 0 Å². The summed E-state index contributed by atoms with van der Waals surface area (Å²) in [5.74, 6) is 0. The second-order valence-electron chi connectivity index (χ2n) is 3.92. The summed E-state index contributed by atoms with van der Waals surface area (Å²) in [7, 11) is 0. The number of fused-ring (bicyclic) bond motifs is 3. The van der Waals surface area contributed by atoms with Gasteiger partial charge < -0.3 is 29.0 Å². The maximum Gasteiger partial charge on any atom is 0.193 e. The zero-order valence-corrected chi connectivity index (χ0v) is 13.1. The summed E-state index contributed by atoms with van der Waals surface area (Å²) in [4.78, 5) is 3.44. The lowest BCUT2D eigenvalue weighted by molar-refractivity contribution is -0.692. The summed E-state index contributed by atoms with van der Waals surface area (Å²) in [6, 6.07) is 8.50. The van der Waals surface area contributed by atoms with Crippen LogP contribution in [0, 0.1) is 0 Å². The Kier molecular flexibility index (Phi) is 3.73. The fourth-order valence-electron chi connectivity index (χ4n) is 2.06. The van der Waals surface area contributed by atoms with Crippen molar-refractivity contribution in [3.05, 3.63) is 41.1 Å². The van der Waals surface area contributed by atoms with Crippen molar-refractivity contribution in [3.63, 3.8) is 0 Å². The minimum Gasteiger partial charge on any atom is -1.00 e. The van der Waals surface area contributed by atoms with E-state index in [-0.39, 0.29) is 24.0 Å². The summed E-state index contributed by atoms with van der Waals surface area (Å²) in [5.41, 5.74) is 2.38. The number of hydrogen-bond acceptors (Lipinski definition) is 0. The normalized spacial score (nSPS) is 10.7. The third-order valence-corrected chi connectivity index (χ3v) is 3.42. The molecule has 0 saturated carbocycles. The average molecular weight is 403 g/mol. The molecular formula is C13H12BrIN2. The van der Waals surface area contributed by atoms with E-state index in [4.69, 9.17) is 0 Å². The first-order valence-electron chi connectivity index (χ1n) is 5.38. The van der Waals surface area contributed by atoms with E-state index < -0.39 is 0 Å². The van der Waals surface area contributed by atoms with Gasteiger partial charge >= 0.3 is 0 Å². The van der Waals surface area contributed by atoms with Crippen molar-refractivity contribution in [2.24, 2.45) is 0 Å². The Morgan fingerprint density at radius 2 is 2.00 bits per heavy atom.